The Bertz CT molecular complexity index is 325. The Morgan fingerprint density at radius 2 is 2.19 bits per heavy atom. The first-order chi connectivity index (χ1) is 7.75. The molecule has 0 aromatic carbocycles. The summed E-state index contributed by atoms with van der Waals surface area (Å²) >= 11 is 0. The van der Waals surface area contributed by atoms with Crippen molar-refractivity contribution >= 4 is 0 Å². The van der Waals surface area contributed by atoms with Crippen molar-refractivity contribution in [3.05, 3.63) is 29.8 Å². The topological polar surface area (TPSA) is 37.4 Å². The fourth-order valence-corrected chi connectivity index (χ4v) is 1.68. The van der Waals surface area contributed by atoms with Gasteiger partial charge in [0.05, 0.1) is 31.1 Å². The van der Waals surface area contributed by atoms with Crippen molar-refractivity contribution < 1.29 is 9.13 Å². The van der Waals surface area contributed by atoms with Crippen molar-refractivity contribution in [2.75, 3.05) is 26.3 Å². The molecule has 1 fully saturated rings. The lowest BCUT2D eigenvalue weighted by Gasteiger charge is -2.30. The summed E-state index contributed by atoms with van der Waals surface area (Å²) in [7, 11) is 0. The number of halogens is 1. The van der Waals surface area contributed by atoms with Gasteiger partial charge in [-0.2, -0.15) is 0 Å². The molecule has 2 rings (SSSR count). The second kappa shape index (κ2) is 5.34. The molecule has 16 heavy (non-hydrogen) atoms. The molecule has 4 nitrogen and oxygen atoms in total. The van der Waals surface area contributed by atoms with Gasteiger partial charge < -0.3 is 4.74 Å². The zero-order chi connectivity index (χ0) is 11.4. The van der Waals surface area contributed by atoms with Gasteiger partial charge in [0.15, 0.2) is 0 Å². The standard InChI is InChI=1S/C11H16FN3O/c1-9(11-3-2-10(12)8-13-11)14-15-4-6-16-7-5-15/h2-3,8-9,14H,4-7H2,1H3. The number of hydrazine groups is 1. The molecule has 88 valence electrons. The van der Waals surface area contributed by atoms with Gasteiger partial charge in [-0.25, -0.2) is 14.8 Å². The van der Waals surface area contributed by atoms with Crippen LogP contribution < -0.4 is 5.43 Å². The van der Waals surface area contributed by atoms with Gasteiger partial charge in [-0.3, -0.25) is 4.98 Å². The third-order valence-electron chi connectivity index (χ3n) is 2.58. The van der Waals surface area contributed by atoms with E-state index in [1.165, 1.54) is 12.3 Å². The maximum absolute atomic E-state index is 12.7. The maximum atomic E-state index is 12.7. The van der Waals surface area contributed by atoms with E-state index in [0.29, 0.717) is 0 Å². The van der Waals surface area contributed by atoms with Crippen LogP contribution in [0.4, 0.5) is 4.39 Å². The van der Waals surface area contributed by atoms with Crippen molar-refractivity contribution in [2.24, 2.45) is 0 Å². The number of pyridine rings is 1. The molecule has 5 heteroatoms. The first-order valence-corrected chi connectivity index (χ1v) is 5.46. The fraction of sp³-hybridized carbons (Fsp3) is 0.545. The summed E-state index contributed by atoms with van der Waals surface area (Å²) in [6, 6.07) is 3.21. The molecule has 1 N–H and O–H groups in total. The van der Waals surface area contributed by atoms with Gasteiger partial charge in [-0.05, 0) is 19.1 Å². The molecule has 1 aromatic rings. The van der Waals surface area contributed by atoms with Crippen molar-refractivity contribution in [3.8, 4) is 0 Å². The highest BCUT2D eigenvalue weighted by atomic mass is 19.1. The number of nitrogens with zero attached hydrogens (tertiary/aromatic N) is 2. The molecule has 2 heterocycles. The number of aromatic nitrogens is 1. The minimum absolute atomic E-state index is 0.0821. The van der Waals surface area contributed by atoms with E-state index in [-0.39, 0.29) is 11.9 Å². The molecule has 0 spiro atoms. The summed E-state index contributed by atoms with van der Waals surface area (Å²) in [5, 5.41) is 2.11. The van der Waals surface area contributed by atoms with Crippen molar-refractivity contribution in [1.82, 2.24) is 15.4 Å². The van der Waals surface area contributed by atoms with Gasteiger partial charge in [0.25, 0.3) is 0 Å². The van der Waals surface area contributed by atoms with Crippen molar-refractivity contribution in [3.63, 3.8) is 0 Å². The van der Waals surface area contributed by atoms with Crippen LogP contribution in [0.2, 0.25) is 0 Å². The maximum Gasteiger partial charge on any atom is 0.141 e. The Hall–Kier alpha value is -1.04. The van der Waals surface area contributed by atoms with Gasteiger partial charge in [0.2, 0.25) is 0 Å². The number of morpholine rings is 1. The Balaban J connectivity index is 1.91. The van der Waals surface area contributed by atoms with Crippen LogP contribution in [0.1, 0.15) is 18.7 Å². The van der Waals surface area contributed by atoms with Gasteiger partial charge in [0.1, 0.15) is 5.82 Å². The van der Waals surface area contributed by atoms with Crippen LogP contribution in [-0.2, 0) is 4.74 Å². The lowest BCUT2D eigenvalue weighted by molar-refractivity contribution is 0.00452. The van der Waals surface area contributed by atoms with Gasteiger partial charge >= 0.3 is 0 Å². The molecule has 0 amide bonds. The van der Waals surface area contributed by atoms with Gasteiger partial charge in [-0.15, -0.1) is 0 Å². The number of rotatable bonds is 3. The van der Waals surface area contributed by atoms with Gasteiger partial charge in [-0.1, -0.05) is 0 Å². The number of hydrogen-bond donors (Lipinski definition) is 1. The Labute approximate surface area is 94.4 Å². The molecule has 1 aliphatic heterocycles. The van der Waals surface area contributed by atoms with Crippen molar-refractivity contribution in [2.45, 2.75) is 13.0 Å². The van der Waals surface area contributed by atoms with Crippen LogP contribution in [0.15, 0.2) is 18.3 Å². The minimum Gasteiger partial charge on any atom is -0.379 e. The smallest absolute Gasteiger partial charge is 0.141 e. The summed E-state index contributed by atoms with van der Waals surface area (Å²) in [5.74, 6) is -0.303. The zero-order valence-corrected chi connectivity index (χ0v) is 9.32. The number of nitrogens with one attached hydrogen (secondary N) is 1. The van der Waals surface area contributed by atoms with Crippen LogP contribution in [0.3, 0.4) is 0 Å². The summed E-state index contributed by atoms with van der Waals surface area (Å²) < 4.78 is 18.0. The van der Waals surface area contributed by atoms with Crippen molar-refractivity contribution in [1.29, 1.82) is 0 Å². The lowest BCUT2D eigenvalue weighted by Crippen LogP contribution is -2.46. The largest absolute Gasteiger partial charge is 0.379 e. The molecule has 1 unspecified atom stereocenters. The predicted octanol–water partition coefficient (Wildman–Crippen LogP) is 1.12. The average molecular weight is 225 g/mol. The van der Waals surface area contributed by atoms with Crippen LogP contribution >= 0.6 is 0 Å². The Morgan fingerprint density at radius 3 is 2.81 bits per heavy atom. The Kier molecular flexibility index (Phi) is 3.82. The first-order valence-electron chi connectivity index (χ1n) is 5.46. The molecular weight excluding hydrogens is 209 g/mol. The summed E-state index contributed by atoms with van der Waals surface area (Å²) in [5.41, 5.74) is 4.16. The predicted molar refractivity (Wildman–Crippen MR) is 58.1 cm³/mol. The van der Waals surface area contributed by atoms with Crippen LogP contribution in [0.5, 0.6) is 0 Å². The third-order valence-corrected chi connectivity index (χ3v) is 2.58. The number of ether oxygens (including phenoxy) is 1. The van der Waals surface area contributed by atoms with E-state index in [1.807, 2.05) is 6.92 Å². The summed E-state index contributed by atoms with van der Waals surface area (Å²) in [6.07, 6.45) is 1.24. The van der Waals surface area contributed by atoms with E-state index in [4.69, 9.17) is 4.74 Å². The molecule has 1 saturated heterocycles. The van der Waals surface area contributed by atoms with E-state index in [1.54, 1.807) is 6.07 Å². The second-order valence-electron chi connectivity index (χ2n) is 3.85. The zero-order valence-electron chi connectivity index (χ0n) is 9.32. The third kappa shape index (κ3) is 2.98. The normalized spacial score (nSPS) is 19.6. The SMILES string of the molecule is CC(NN1CCOCC1)c1ccc(F)cn1. The summed E-state index contributed by atoms with van der Waals surface area (Å²) in [6.45, 7) is 5.24. The van der Waals surface area contributed by atoms with E-state index in [2.05, 4.69) is 15.4 Å². The van der Waals surface area contributed by atoms with Crippen LogP contribution in [-0.4, -0.2) is 36.3 Å². The highest BCUT2D eigenvalue weighted by molar-refractivity contribution is 5.08. The first kappa shape index (κ1) is 11.4. The molecule has 0 radical (unpaired) electrons. The van der Waals surface area contributed by atoms with E-state index < -0.39 is 0 Å². The monoisotopic (exact) mass is 225 g/mol. The average Bonchev–Trinajstić information content (AvgIpc) is 2.31. The number of hydrogen-bond acceptors (Lipinski definition) is 4. The summed E-state index contributed by atoms with van der Waals surface area (Å²) in [4.78, 5) is 4.05. The highest BCUT2D eigenvalue weighted by Gasteiger charge is 2.14. The van der Waals surface area contributed by atoms with E-state index in [0.717, 1.165) is 32.0 Å². The van der Waals surface area contributed by atoms with Gasteiger partial charge in [0, 0.05) is 13.1 Å². The fourth-order valence-electron chi connectivity index (χ4n) is 1.68. The minimum atomic E-state index is -0.303. The molecule has 1 atom stereocenters. The Morgan fingerprint density at radius 1 is 1.44 bits per heavy atom. The molecule has 1 aromatic heterocycles. The molecule has 0 bridgehead atoms. The second-order valence-corrected chi connectivity index (χ2v) is 3.85. The van der Waals surface area contributed by atoms with Crippen LogP contribution in [0, 0.1) is 5.82 Å². The quantitative estimate of drug-likeness (QED) is 0.836. The molecule has 0 aliphatic carbocycles. The molecule has 0 saturated carbocycles. The molecular formula is C11H16FN3O. The van der Waals surface area contributed by atoms with E-state index in [9.17, 15) is 4.39 Å². The van der Waals surface area contributed by atoms with Crippen LogP contribution in [0.25, 0.3) is 0 Å². The molecule has 1 aliphatic rings. The van der Waals surface area contributed by atoms with E-state index >= 15 is 0 Å². The lowest BCUT2D eigenvalue weighted by atomic mass is 10.2. The highest BCUT2D eigenvalue weighted by Crippen LogP contribution is 2.10.